The third kappa shape index (κ3) is 2.74. The van der Waals surface area contributed by atoms with Crippen LogP contribution in [0.2, 0.25) is 0 Å². The van der Waals surface area contributed by atoms with Gasteiger partial charge < -0.3 is 16.2 Å². The Morgan fingerprint density at radius 2 is 2.36 bits per heavy atom. The lowest BCUT2D eigenvalue weighted by atomic mass is 10.2. The fraction of sp³-hybridized carbons (Fsp3) is 0.300. The second kappa shape index (κ2) is 4.62. The van der Waals surface area contributed by atoms with Gasteiger partial charge in [0.1, 0.15) is 6.04 Å². The Morgan fingerprint density at radius 3 is 2.93 bits per heavy atom. The molecule has 4 N–H and O–H groups in total. The summed E-state index contributed by atoms with van der Waals surface area (Å²) in [5.74, 6) is -0.872. The third-order valence-corrected chi connectivity index (χ3v) is 1.92. The van der Waals surface area contributed by atoms with Gasteiger partial charge in [-0.05, 0) is 24.6 Å². The van der Waals surface area contributed by atoms with Gasteiger partial charge in [-0.3, -0.25) is 4.79 Å². The highest BCUT2D eigenvalue weighted by atomic mass is 16.4. The molecule has 76 valence electrons. The van der Waals surface area contributed by atoms with E-state index in [2.05, 4.69) is 5.32 Å². The van der Waals surface area contributed by atoms with E-state index in [9.17, 15) is 4.79 Å². The van der Waals surface area contributed by atoms with E-state index in [4.69, 9.17) is 10.8 Å². The Balaban J connectivity index is 2.71. The first kappa shape index (κ1) is 10.5. The molecule has 4 nitrogen and oxygen atoms in total. The van der Waals surface area contributed by atoms with E-state index in [0.717, 1.165) is 11.3 Å². The molecule has 0 spiro atoms. The zero-order valence-electron chi connectivity index (χ0n) is 8.03. The maximum atomic E-state index is 10.6. The van der Waals surface area contributed by atoms with Crippen LogP contribution in [0.4, 0.5) is 5.69 Å². The number of carbonyl (C=O) groups is 1. The largest absolute Gasteiger partial charge is 0.480 e. The molecule has 4 heteroatoms. The molecule has 1 aromatic carbocycles. The van der Waals surface area contributed by atoms with Crippen LogP contribution in [-0.2, 0) is 11.3 Å². The van der Waals surface area contributed by atoms with E-state index in [0.29, 0.717) is 6.54 Å². The zero-order chi connectivity index (χ0) is 10.6. The van der Waals surface area contributed by atoms with Gasteiger partial charge in [-0.25, -0.2) is 0 Å². The number of rotatable bonds is 4. The van der Waals surface area contributed by atoms with E-state index < -0.39 is 12.0 Å². The van der Waals surface area contributed by atoms with Gasteiger partial charge in [-0.15, -0.1) is 0 Å². The lowest BCUT2D eigenvalue weighted by molar-refractivity contribution is -0.137. The van der Waals surface area contributed by atoms with Crippen LogP contribution < -0.4 is 11.1 Å². The summed E-state index contributed by atoms with van der Waals surface area (Å²) in [5.41, 5.74) is 7.22. The number of carboxylic acid groups (broad SMARTS) is 1. The average molecular weight is 194 g/mol. The first-order valence-electron chi connectivity index (χ1n) is 4.42. The van der Waals surface area contributed by atoms with Gasteiger partial charge in [-0.2, -0.15) is 0 Å². The van der Waals surface area contributed by atoms with Crippen LogP contribution in [-0.4, -0.2) is 17.1 Å². The SMILES string of the molecule is CC(Nc1cccc(CN)c1)C(=O)O. The fourth-order valence-corrected chi connectivity index (χ4v) is 1.10. The number of anilines is 1. The summed E-state index contributed by atoms with van der Waals surface area (Å²) in [6, 6.07) is 6.82. The number of nitrogens with one attached hydrogen (secondary N) is 1. The Hall–Kier alpha value is -1.55. The van der Waals surface area contributed by atoms with Gasteiger partial charge in [0, 0.05) is 12.2 Å². The van der Waals surface area contributed by atoms with E-state index in [1.807, 2.05) is 24.3 Å². The molecule has 0 aliphatic carbocycles. The van der Waals surface area contributed by atoms with Crippen molar-refractivity contribution in [3.63, 3.8) is 0 Å². The summed E-state index contributed by atoms with van der Waals surface area (Å²) >= 11 is 0. The summed E-state index contributed by atoms with van der Waals surface area (Å²) in [6.07, 6.45) is 0. The summed E-state index contributed by atoms with van der Waals surface area (Å²) in [4.78, 5) is 10.6. The maximum absolute atomic E-state index is 10.6. The molecule has 1 aromatic rings. The highest BCUT2D eigenvalue weighted by Crippen LogP contribution is 2.11. The molecular formula is C10H14N2O2. The van der Waals surface area contributed by atoms with Crippen molar-refractivity contribution < 1.29 is 9.90 Å². The fourth-order valence-electron chi connectivity index (χ4n) is 1.10. The molecule has 0 saturated carbocycles. The third-order valence-electron chi connectivity index (χ3n) is 1.92. The number of carboxylic acids is 1. The standard InChI is InChI=1S/C10H14N2O2/c1-7(10(13)14)12-9-4-2-3-8(5-9)6-11/h2-5,7,12H,6,11H2,1H3,(H,13,14). The van der Waals surface area contributed by atoms with Crippen molar-refractivity contribution in [1.29, 1.82) is 0 Å². The minimum absolute atomic E-state index is 0.455. The topological polar surface area (TPSA) is 75.3 Å². The normalized spacial score (nSPS) is 12.1. The number of aliphatic carboxylic acids is 1. The van der Waals surface area contributed by atoms with Crippen LogP contribution in [0.3, 0.4) is 0 Å². The smallest absolute Gasteiger partial charge is 0.325 e. The molecule has 1 unspecified atom stereocenters. The average Bonchev–Trinajstić information content (AvgIpc) is 2.18. The predicted octanol–water partition coefficient (Wildman–Crippen LogP) is 1.03. The van der Waals surface area contributed by atoms with Crippen LogP contribution >= 0.6 is 0 Å². The van der Waals surface area contributed by atoms with Crippen LogP contribution in [0, 0.1) is 0 Å². The van der Waals surface area contributed by atoms with Crippen molar-refractivity contribution in [3.8, 4) is 0 Å². The molecule has 0 amide bonds. The summed E-state index contributed by atoms with van der Waals surface area (Å²) in [7, 11) is 0. The Kier molecular flexibility index (Phi) is 3.48. The first-order valence-corrected chi connectivity index (χ1v) is 4.42. The van der Waals surface area contributed by atoms with Crippen LogP contribution in [0.5, 0.6) is 0 Å². The van der Waals surface area contributed by atoms with Crippen molar-refractivity contribution in [2.45, 2.75) is 19.5 Å². The van der Waals surface area contributed by atoms with Crippen molar-refractivity contribution in [2.24, 2.45) is 5.73 Å². The van der Waals surface area contributed by atoms with Gasteiger partial charge in [0.25, 0.3) is 0 Å². The van der Waals surface area contributed by atoms with E-state index in [1.54, 1.807) is 6.92 Å². The molecule has 0 aliphatic rings. The van der Waals surface area contributed by atoms with Gasteiger partial charge in [0.15, 0.2) is 0 Å². The predicted molar refractivity (Wildman–Crippen MR) is 55.1 cm³/mol. The second-order valence-electron chi connectivity index (χ2n) is 3.11. The quantitative estimate of drug-likeness (QED) is 0.669. The van der Waals surface area contributed by atoms with E-state index >= 15 is 0 Å². The molecule has 0 bridgehead atoms. The van der Waals surface area contributed by atoms with Crippen molar-refractivity contribution in [1.82, 2.24) is 0 Å². The van der Waals surface area contributed by atoms with Crippen molar-refractivity contribution >= 4 is 11.7 Å². The highest BCUT2D eigenvalue weighted by Gasteiger charge is 2.09. The zero-order valence-corrected chi connectivity index (χ0v) is 8.03. The Labute approximate surface area is 82.7 Å². The Morgan fingerprint density at radius 1 is 1.64 bits per heavy atom. The molecule has 0 aromatic heterocycles. The molecule has 0 radical (unpaired) electrons. The molecule has 0 aliphatic heterocycles. The molecule has 0 saturated heterocycles. The minimum Gasteiger partial charge on any atom is -0.480 e. The molecule has 0 heterocycles. The number of hydrogen-bond donors (Lipinski definition) is 3. The van der Waals surface area contributed by atoms with Gasteiger partial charge >= 0.3 is 5.97 Å². The number of benzene rings is 1. The molecular weight excluding hydrogens is 180 g/mol. The van der Waals surface area contributed by atoms with Crippen LogP contribution in [0.25, 0.3) is 0 Å². The summed E-state index contributed by atoms with van der Waals surface area (Å²) < 4.78 is 0. The van der Waals surface area contributed by atoms with Crippen molar-refractivity contribution in [2.75, 3.05) is 5.32 Å². The maximum Gasteiger partial charge on any atom is 0.325 e. The van der Waals surface area contributed by atoms with E-state index in [-0.39, 0.29) is 0 Å². The lowest BCUT2D eigenvalue weighted by Gasteiger charge is -2.11. The molecule has 14 heavy (non-hydrogen) atoms. The van der Waals surface area contributed by atoms with Gasteiger partial charge in [0.05, 0.1) is 0 Å². The van der Waals surface area contributed by atoms with Gasteiger partial charge in [-0.1, -0.05) is 12.1 Å². The lowest BCUT2D eigenvalue weighted by Crippen LogP contribution is -2.25. The molecule has 1 rings (SSSR count). The van der Waals surface area contributed by atoms with Crippen LogP contribution in [0.15, 0.2) is 24.3 Å². The minimum atomic E-state index is -0.872. The molecule has 1 atom stereocenters. The van der Waals surface area contributed by atoms with Crippen LogP contribution in [0.1, 0.15) is 12.5 Å². The van der Waals surface area contributed by atoms with Gasteiger partial charge in [0.2, 0.25) is 0 Å². The van der Waals surface area contributed by atoms with E-state index in [1.165, 1.54) is 0 Å². The number of nitrogens with two attached hydrogens (primary N) is 1. The Bertz CT molecular complexity index is 326. The number of hydrogen-bond acceptors (Lipinski definition) is 3. The first-order chi connectivity index (χ1) is 6.63. The van der Waals surface area contributed by atoms with Crippen molar-refractivity contribution in [3.05, 3.63) is 29.8 Å². The highest BCUT2D eigenvalue weighted by molar-refractivity contribution is 5.76. The summed E-state index contributed by atoms with van der Waals surface area (Å²) in [5, 5.41) is 11.5. The summed E-state index contributed by atoms with van der Waals surface area (Å²) in [6.45, 7) is 2.05. The monoisotopic (exact) mass is 194 g/mol. The second-order valence-corrected chi connectivity index (χ2v) is 3.11. The molecule has 0 fully saturated rings.